The highest BCUT2D eigenvalue weighted by Gasteiger charge is 2.16. The zero-order valence-electron chi connectivity index (χ0n) is 14.3. The summed E-state index contributed by atoms with van der Waals surface area (Å²) in [6.07, 6.45) is 0. The molecule has 0 aromatic heterocycles. The van der Waals surface area contributed by atoms with Crippen LogP contribution < -0.4 is 0 Å². The normalized spacial score (nSPS) is 11.7. The Kier molecular flexibility index (Phi) is 6.69. The van der Waals surface area contributed by atoms with Crippen LogP contribution in [0.2, 0.25) is 0 Å². The molecule has 0 amide bonds. The third-order valence-electron chi connectivity index (χ3n) is 3.37. The molecular weight excluding hydrogens is 424 g/mol. The van der Waals surface area contributed by atoms with Crippen molar-refractivity contribution in [3.63, 3.8) is 0 Å². The molecule has 3 aromatic rings. The predicted molar refractivity (Wildman–Crippen MR) is 101 cm³/mol. The SMILES string of the molecule is N#[N+]c1ccc(N=Nc2ccccc2)c2cc(S(=O)(=O)[O-])ccc12.O=S(=O)(O)O. The summed E-state index contributed by atoms with van der Waals surface area (Å²) in [4.78, 5) is 2.76. The molecule has 0 aliphatic rings. The van der Waals surface area contributed by atoms with Gasteiger partial charge in [0.25, 0.3) is 0 Å². The van der Waals surface area contributed by atoms with Gasteiger partial charge >= 0.3 is 16.1 Å². The molecule has 13 heteroatoms. The van der Waals surface area contributed by atoms with Gasteiger partial charge in [-0.3, -0.25) is 9.11 Å². The topological polar surface area (TPSA) is 185 Å². The Bertz CT molecular complexity index is 1310. The van der Waals surface area contributed by atoms with E-state index in [-0.39, 0.29) is 10.6 Å². The smallest absolute Gasteiger partial charge is 0.394 e. The molecular formula is C16H12N4O7S2. The fraction of sp³-hybridized carbons (Fsp3) is 0. The first-order valence-electron chi connectivity index (χ1n) is 7.53. The molecule has 0 spiro atoms. The lowest BCUT2D eigenvalue weighted by molar-refractivity contribution is 0.381. The Morgan fingerprint density at radius 2 is 1.48 bits per heavy atom. The molecule has 0 bridgehead atoms. The van der Waals surface area contributed by atoms with E-state index in [4.69, 9.17) is 22.9 Å². The molecule has 2 N–H and O–H groups in total. The molecule has 0 unspecified atom stereocenters. The van der Waals surface area contributed by atoms with Crippen LogP contribution in [0.25, 0.3) is 15.7 Å². The maximum absolute atomic E-state index is 11.2. The number of fused-ring (bicyclic) bond motifs is 1. The summed E-state index contributed by atoms with van der Waals surface area (Å²) in [6.45, 7) is 0. The van der Waals surface area contributed by atoms with E-state index in [0.717, 1.165) is 6.07 Å². The van der Waals surface area contributed by atoms with Gasteiger partial charge in [0.15, 0.2) is 4.98 Å². The van der Waals surface area contributed by atoms with Crippen molar-refractivity contribution in [2.45, 2.75) is 4.90 Å². The van der Waals surface area contributed by atoms with Crippen LogP contribution in [-0.2, 0) is 20.5 Å². The summed E-state index contributed by atoms with van der Waals surface area (Å²) in [5.41, 5.74) is 1.21. The molecule has 3 aromatic carbocycles. The van der Waals surface area contributed by atoms with E-state index < -0.39 is 20.5 Å². The van der Waals surface area contributed by atoms with E-state index in [9.17, 15) is 13.0 Å². The molecule has 0 aliphatic carbocycles. The van der Waals surface area contributed by atoms with Crippen molar-refractivity contribution < 1.29 is 30.5 Å². The van der Waals surface area contributed by atoms with Crippen molar-refractivity contribution in [1.29, 1.82) is 5.39 Å². The molecule has 150 valence electrons. The summed E-state index contributed by atoms with van der Waals surface area (Å²) in [5.74, 6) is 0. The van der Waals surface area contributed by atoms with Crippen LogP contribution in [0.5, 0.6) is 0 Å². The number of rotatable bonds is 3. The first-order valence-corrected chi connectivity index (χ1v) is 10.3. The Morgan fingerprint density at radius 3 is 2.03 bits per heavy atom. The van der Waals surface area contributed by atoms with Gasteiger partial charge in [0.05, 0.1) is 21.7 Å². The average Bonchev–Trinajstić information content (AvgIpc) is 2.64. The van der Waals surface area contributed by atoms with Crippen LogP contribution in [-0.4, -0.2) is 30.5 Å². The minimum atomic E-state index is -4.67. The quantitative estimate of drug-likeness (QED) is 0.350. The molecule has 0 heterocycles. The zero-order chi connectivity index (χ0) is 21.7. The molecule has 0 fully saturated rings. The highest BCUT2D eigenvalue weighted by molar-refractivity contribution is 7.85. The monoisotopic (exact) mass is 436 g/mol. The maximum atomic E-state index is 11.2. The summed E-state index contributed by atoms with van der Waals surface area (Å²) in [6, 6.07) is 15.8. The highest BCUT2D eigenvalue weighted by Crippen LogP contribution is 2.35. The summed E-state index contributed by atoms with van der Waals surface area (Å²) in [5, 5.41) is 18.0. The summed E-state index contributed by atoms with van der Waals surface area (Å²) < 4.78 is 65.3. The van der Waals surface area contributed by atoms with Crippen LogP contribution in [0.3, 0.4) is 0 Å². The first kappa shape index (κ1) is 22.0. The number of hydrogen-bond acceptors (Lipinski definition) is 8. The second-order valence-electron chi connectivity index (χ2n) is 5.35. The van der Waals surface area contributed by atoms with Crippen LogP contribution >= 0.6 is 0 Å². The van der Waals surface area contributed by atoms with Gasteiger partial charge in [-0.1, -0.05) is 18.2 Å². The van der Waals surface area contributed by atoms with E-state index in [1.165, 1.54) is 24.3 Å². The standard InChI is InChI=1S/C16H10N4O3S.H2O4S/c17-18-15-8-9-16(20-19-11-4-2-1-3-5-11)14-10-12(24(21,22)23)6-7-13(14)15;1-5(2,3)4/h1-10H;(H2,1,2,3,4). The first-order chi connectivity index (χ1) is 13.5. The molecule has 0 saturated heterocycles. The number of nitrogens with zero attached hydrogens (tertiary/aromatic N) is 4. The zero-order valence-corrected chi connectivity index (χ0v) is 15.9. The molecule has 29 heavy (non-hydrogen) atoms. The number of benzene rings is 3. The van der Waals surface area contributed by atoms with E-state index in [2.05, 4.69) is 15.2 Å². The van der Waals surface area contributed by atoms with Crippen molar-refractivity contribution in [1.82, 2.24) is 0 Å². The number of hydrogen-bond donors (Lipinski definition) is 2. The maximum Gasteiger partial charge on any atom is 0.394 e. The molecule has 11 nitrogen and oxygen atoms in total. The second kappa shape index (κ2) is 8.82. The van der Waals surface area contributed by atoms with E-state index in [1.807, 2.05) is 18.2 Å². The molecule has 0 atom stereocenters. The van der Waals surface area contributed by atoms with Gasteiger partial charge in [-0.25, -0.2) is 8.42 Å². The van der Waals surface area contributed by atoms with Gasteiger partial charge in [0.2, 0.25) is 5.39 Å². The fourth-order valence-electron chi connectivity index (χ4n) is 2.23. The lowest BCUT2D eigenvalue weighted by atomic mass is 10.1. The van der Waals surface area contributed by atoms with Crippen LogP contribution in [0.1, 0.15) is 0 Å². The summed E-state index contributed by atoms with van der Waals surface area (Å²) >= 11 is 0. The lowest BCUT2D eigenvalue weighted by Crippen LogP contribution is -1.97. The largest absolute Gasteiger partial charge is 0.744 e. The molecule has 0 aliphatic heterocycles. The Hall–Kier alpha value is -3.28. The van der Waals surface area contributed by atoms with Gasteiger partial charge in [-0.05, 0) is 36.4 Å². The van der Waals surface area contributed by atoms with E-state index >= 15 is 0 Å². The highest BCUT2D eigenvalue weighted by atomic mass is 32.3. The number of diazo groups is 1. The average molecular weight is 436 g/mol. The van der Waals surface area contributed by atoms with Crippen molar-refractivity contribution >= 4 is 48.4 Å². The Labute approximate surface area is 165 Å². The third kappa shape index (κ3) is 6.68. The van der Waals surface area contributed by atoms with Crippen molar-refractivity contribution in [3.05, 3.63) is 65.6 Å². The van der Waals surface area contributed by atoms with E-state index in [1.54, 1.807) is 12.1 Å². The lowest BCUT2D eigenvalue weighted by Gasteiger charge is -2.08. The van der Waals surface area contributed by atoms with Gasteiger partial charge in [0, 0.05) is 11.5 Å². The fourth-order valence-corrected chi connectivity index (χ4v) is 2.73. The van der Waals surface area contributed by atoms with Crippen LogP contribution in [0.15, 0.2) is 75.8 Å². The summed E-state index contributed by atoms with van der Waals surface area (Å²) in [7, 11) is -9.28. The minimum absolute atomic E-state index is 0.235. The van der Waals surface area contributed by atoms with Gasteiger partial charge in [-0.2, -0.15) is 13.5 Å². The van der Waals surface area contributed by atoms with Crippen molar-refractivity contribution in [2.24, 2.45) is 10.2 Å². The minimum Gasteiger partial charge on any atom is -0.744 e. The number of azo groups is 1. The van der Waals surface area contributed by atoms with E-state index in [0.29, 0.717) is 22.1 Å². The predicted octanol–water partition coefficient (Wildman–Crippen LogP) is 3.99. The Morgan fingerprint density at radius 1 is 0.862 bits per heavy atom. The molecule has 3 rings (SSSR count). The third-order valence-corrected chi connectivity index (χ3v) is 4.20. The van der Waals surface area contributed by atoms with Crippen molar-refractivity contribution in [2.75, 3.05) is 0 Å². The molecule has 0 radical (unpaired) electrons. The molecule has 0 saturated carbocycles. The Balaban J connectivity index is 0.000000537. The van der Waals surface area contributed by atoms with Gasteiger partial charge in [-0.15, -0.1) is 5.11 Å². The van der Waals surface area contributed by atoms with Crippen LogP contribution in [0, 0.1) is 5.39 Å². The second-order valence-corrected chi connectivity index (χ2v) is 7.62. The van der Waals surface area contributed by atoms with Crippen molar-refractivity contribution in [3.8, 4) is 0 Å². The van der Waals surface area contributed by atoms with Gasteiger partial charge < -0.3 is 4.55 Å². The van der Waals surface area contributed by atoms with Gasteiger partial charge in [0.1, 0.15) is 10.1 Å². The van der Waals surface area contributed by atoms with Crippen LogP contribution in [0.4, 0.5) is 17.1 Å².